The minimum absolute atomic E-state index is 0.362. The number of aliphatic hydroxyl groups is 1. The van der Waals surface area contributed by atoms with Gasteiger partial charge in [-0.15, -0.1) is 0 Å². The van der Waals surface area contributed by atoms with Crippen LogP contribution in [0.2, 0.25) is 0 Å². The van der Waals surface area contributed by atoms with Gasteiger partial charge in [0.25, 0.3) is 0 Å². The fraction of sp³-hybridized carbons (Fsp3) is 0.500. The average molecular weight is 307 g/mol. The molecule has 1 aliphatic rings. The molecule has 6 nitrogen and oxygen atoms in total. The zero-order chi connectivity index (χ0) is 16.5. The number of esters is 1. The van der Waals surface area contributed by atoms with Crippen LogP contribution < -0.4 is 5.32 Å². The Balaban J connectivity index is 2.17. The van der Waals surface area contributed by atoms with Gasteiger partial charge < -0.3 is 19.9 Å². The Kier molecular flexibility index (Phi) is 4.42. The Morgan fingerprint density at radius 2 is 2.00 bits per heavy atom. The molecule has 0 saturated heterocycles. The highest BCUT2D eigenvalue weighted by Crippen LogP contribution is 2.32. The minimum atomic E-state index is -0.754. The predicted octanol–water partition coefficient (Wildman–Crippen LogP) is 1.96. The van der Waals surface area contributed by atoms with Crippen molar-refractivity contribution in [1.82, 2.24) is 5.32 Å². The maximum Gasteiger partial charge on any atom is 0.408 e. The molecule has 0 radical (unpaired) electrons. The highest BCUT2D eigenvalue weighted by molar-refractivity contribution is 5.89. The molecule has 6 heteroatoms. The van der Waals surface area contributed by atoms with E-state index >= 15 is 0 Å². The Morgan fingerprint density at radius 1 is 1.32 bits per heavy atom. The molecule has 120 valence electrons. The molecule has 0 fully saturated rings. The van der Waals surface area contributed by atoms with Crippen LogP contribution in [0.5, 0.6) is 0 Å². The molecule has 2 rings (SSSR count). The molecule has 1 aliphatic carbocycles. The van der Waals surface area contributed by atoms with Crippen molar-refractivity contribution >= 4 is 12.1 Å². The first-order chi connectivity index (χ1) is 10.2. The Hall–Kier alpha value is -2.08. The molecular weight excluding hydrogens is 286 g/mol. The molecule has 22 heavy (non-hydrogen) atoms. The van der Waals surface area contributed by atoms with Gasteiger partial charge in [0.05, 0.1) is 24.8 Å². The van der Waals surface area contributed by atoms with Crippen LogP contribution in [0, 0.1) is 0 Å². The van der Waals surface area contributed by atoms with Crippen molar-refractivity contribution in [2.75, 3.05) is 7.11 Å². The third-order valence-corrected chi connectivity index (χ3v) is 3.39. The van der Waals surface area contributed by atoms with Crippen LogP contribution in [0.25, 0.3) is 0 Å². The Labute approximate surface area is 129 Å². The van der Waals surface area contributed by atoms with E-state index in [1.807, 2.05) is 0 Å². The van der Waals surface area contributed by atoms with E-state index in [0.717, 1.165) is 11.1 Å². The lowest BCUT2D eigenvalue weighted by molar-refractivity contribution is 0.0437. The van der Waals surface area contributed by atoms with Crippen LogP contribution in [0.4, 0.5) is 4.79 Å². The lowest BCUT2D eigenvalue weighted by atomic mass is 10.0. The number of ether oxygens (including phenoxy) is 2. The molecule has 2 atom stereocenters. The van der Waals surface area contributed by atoms with Crippen molar-refractivity contribution < 1.29 is 24.2 Å². The first kappa shape index (κ1) is 16.3. The molecule has 0 unspecified atom stereocenters. The lowest BCUT2D eigenvalue weighted by Gasteiger charge is -2.23. The van der Waals surface area contributed by atoms with E-state index in [0.29, 0.717) is 12.0 Å². The number of aliphatic hydroxyl groups excluding tert-OH is 1. The number of methoxy groups -OCH3 is 1. The molecule has 0 heterocycles. The number of hydrogen-bond donors (Lipinski definition) is 2. The van der Waals surface area contributed by atoms with Gasteiger partial charge in [0.2, 0.25) is 0 Å². The fourth-order valence-corrected chi connectivity index (χ4v) is 2.49. The third-order valence-electron chi connectivity index (χ3n) is 3.39. The Bertz CT molecular complexity index is 591. The van der Waals surface area contributed by atoms with Gasteiger partial charge in [0.1, 0.15) is 5.60 Å². The summed E-state index contributed by atoms with van der Waals surface area (Å²) in [5.41, 5.74) is 1.42. The predicted molar refractivity (Wildman–Crippen MR) is 79.6 cm³/mol. The third kappa shape index (κ3) is 3.57. The van der Waals surface area contributed by atoms with Gasteiger partial charge in [0.15, 0.2) is 0 Å². The number of hydrogen-bond acceptors (Lipinski definition) is 5. The smallest absolute Gasteiger partial charge is 0.408 e. The highest BCUT2D eigenvalue weighted by Gasteiger charge is 2.34. The second kappa shape index (κ2) is 5.96. The number of amides is 1. The van der Waals surface area contributed by atoms with E-state index in [9.17, 15) is 14.7 Å². The van der Waals surface area contributed by atoms with Gasteiger partial charge in [-0.3, -0.25) is 0 Å². The summed E-state index contributed by atoms with van der Waals surface area (Å²) in [6, 6.07) is 4.48. The summed E-state index contributed by atoms with van der Waals surface area (Å²) in [4.78, 5) is 23.4. The zero-order valence-electron chi connectivity index (χ0n) is 13.2. The van der Waals surface area contributed by atoms with Crippen LogP contribution in [0.3, 0.4) is 0 Å². The van der Waals surface area contributed by atoms with Crippen molar-refractivity contribution in [3.05, 3.63) is 34.9 Å². The lowest BCUT2D eigenvalue weighted by Crippen LogP contribution is -2.38. The molecule has 0 saturated carbocycles. The van der Waals surface area contributed by atoms with E-state index in [1.54, 1.807) is 39.0 Å². The zero-order valence-corrected chi connectivity index (χ0v) is 13.2. The Morgan fingerprint density at radius 3 is 2.59 bits per heavy atom. The van der Waals surface area contributed by atoms with Crippen molar-refractivity contribution in [2.45, 2.75) is 44.9 Å². The summed E-state index contributed by atoms with van der Waals surface area (Å²) in [6.45, 7) is 5.32. The van der Waals surface area contributed by atoms with E-state index in [4.69, 9.17) is 4.74 Å². The molecule has 1 aromatic carbocycles. The van der Waals surface area contributed by atoms with Crippen LogP contribution in [-0.2, 0) is 15.9 Å². The summed E-state index contributed by atoms with van der Waals surface area (Å²) in [6.07, 6.45) is -0.975. The van der Waals surface area contributed by atoms with Gasteiger partial charge in [-0.25, -0.2) is 9.59 Å². The topological polar surface area (TPSA) is 84.9 Å². The largest absolute Gasteiger partial charge is 0.465 e. The summed E-state index contributed by atoms with van der Waals surface area (Å²) in [5.74, 6) is -0.430. The highest BCUT2D eigenvalue weighted by atomic mass is 16.6. The van der Waals surface area contributed by atoms with Gasteiger partial charge in [0, 0.05) is 6.42 Å². The van der Waals surface area contributed by atoms with E-state index in [-0.39, 0.29) is 0 Å². The number of benzene rings is 1. The van der Waals surface area contributed by atoms with Crippen molar-refractivity contribution in [1.29, 1.82) is 0 Å². The van der Waals surface area contributed by atoms with Crippen LogP contribution in [0.1, 0.15) is 48.3 Å². The molecule has 1 amide bonds. The fourth-order valence-electron chi connectivity index (χ4n) is 2.49. The first-order valence-electron chi connectivity index (χ1n) is 7.10. The number of carbonyl (C=O) groups is 2. The molecule has 0 bridgehead atoms. The SMILES string of the molecule is COC(=O)c1ccc2c(c1)C[C@@H](O)[C@@H]2NC(=O)OC(C)(C)C. The number of rotatable bonds is 2. The minimum Gasteiger partial charge on any atom is -0.465 e. The number of nitrogens with one attached hydrogen (secondary N) is 1. The second-order valence-corrected chi connectivity index (χ2v) is 6.30. The summed E-state index contributed by atoms with van der Waals surface area (Å²) < 4.78 is 9.89. The average Bonchev–Trinajstić information content (AvgIpc) is 2.71. The van der Waals surface area contributed by atoms with Crippen molar-refractivity contribution in [3.8, 4) is 0 Å². The van der Waals surface area contributed by atoms with Crippen LogP contribution in [-0.4, -0.2) is 36.0 Å². The molecule has 0 aromatic heterocycles. The van der Waals surface area contributed by atoms with E-state index < -0.39 is 29.8 Å². The first-order valence-corrected chi connectivity index (χ1v) is 7.10. The van der Waals surface area contributed by atoms with Gasteiger partial charge in [-0.05, 0) is 44.0 Å². The maximum atomic E-state index is 11.9. The number of fused-ring (bicyclic) bond motifs is 1. The molecular formula is C16H21NO5. The van der Waals surface area contributed by atoms with Crippen molar-refractivity contribution in [2.24, 2.45) is 0 Å². The quantitative estimate of drug-likeness (QED) is 0.816. The molecule has 1 aromatic rings. The second-order valence-electron chi connectivity index (χ2n) is 6.30. The van der Waals surface area contributed by atoms with Gasteiger partial charge in [-0.2, -0.15) is 0 Å². The maximum absolute atomic E-state index is 11.9. The van der Waals surface area contributed by atoms with E-state index in [1.165, 1.54) is 7.11 Å². The number of alkyl carbamates (subject to hydrolysis) is 1. The molecule has 2 N–H and O–H groups in total. The van der Waals surface area contributed by atoms with Gasteiger partial charge >= 0.3 is 12.1 Å². The summed E-state index contributed by atoms with van der Waals surface area (Å²) in [5, 5.41) is 12.8. The molecule has 0 aliphatic heterocycles. The molecule has 0 spiro atoms. The van der Waals surface area contributed by atoms with Crippen LogP contribution >= 0.6 is 0 Å². The van der Waals surface area contributed by atoms with E-state index in [2.05, 4.69) is 10.1 Å². The van der Waals surface area contributed by atoms with Crippen LogP contribution in [0.15, 0.2) is 18.2 Å². The summed E-state index contributed by atoms with van der Waals surface area (Å²) >= 11 is 0. The summed E-state index contributed by atoms with van der Waals surface area (Å²) in [7, 11) is 1.32. The number of carbonyl (C=O) groups excluding carboxylic acids is 2. The van der Waals surface area contributed by atoms with Gasteiger partial charge in [-0.1, -0.05) is 6.07 Å². The van der Waals surface area contributed by atoms with Crippen molar-refractivity contribution in [3.63, 3.8) is 0 Å². The standard InChI is InChI=1S/C16H21NO5/c1-16(2,3)22-15(20)17-13-11-6-5-9(14(19)21-4)7-10(11)8-12(13)18/h5-7,12-13,18H,8H2,1-4H3,(H,17,20)/t12-,13-/m1/s1. The monoisotopic (exact) mass is 307 g/mol. The normalized spacial score (nSPS) is 20.2.